The van der Waals surface area contributed by atoms with E-state index in [-0.39, 0.29) is 18.6 Å². The van der Waals surface area contributed by atoms with E-state index in [1.165, 1.54) is 0 Å². The number of anilines is 1. The Hall–Kier alpha value is -2.20. The zero-order valence-electron chi connectivity index (χ0n) is 11.1. The third-order valence-electron chi connectivity index (χ3n) is 3.86. The summed E-state index contributed by atoms with van der Waals surface area (Å²) < 4.78 is 10.8. The summed E-state index contributed by atoms with van der Waals surface area (Å²) in [5, 5.41) is 3.59. The highest BCUT2D eigenvalue weighted by atomic mass is 35.5. The molecule has 4 rings (SSSR count). The molecule has 5 heteroatoms. The first-order chi connectivity index (χ1) is 10.2. The highest BCUT2D eigenvalue weighted by Crippen LogP contribution is 2.44. The smallest absolute Gasteiger partial charge is 0.231 e. The number of hydrogen-bond donors (Lipinski definition) is 1. The van der Waals surface area contributed by atoms with Gasteiger partial charge in [0.15, 0.2) is 11.5 Å². The van der Waals surface area contributed by atoms with Crippen molar-refractivity contribution in [1.29, 1.82) is 0 Å². The zero-order chi connectivity index (χ0) is 14.4. The Labute approximate surface area is 126 Å². The summed E-state index contributed by atoms with van der Waals surface area (Å²) in [7, 11) is 0. The Morgan fingerprint density at radius 3 is 2.57 bits per heavy atom. The molecule has 0 radical (unpaired) electrons. The molecule has 0 spiro atoms. The van der Waals surface area contributed by atoms with E-state index in [0.29, 0.717) is 17.2 Å². The zero-order valence-corrected chi connectivity index (χ0v) is 11.8. The van der Waals surface area contributed by atoms with Crippen molar-refractivity contribution < 1.29 is 14.3 Å². The highest BCUT2D eigenvalue weighted by Gasteiger charge is 2.29. The van der Waals surface area contributed by atoms with Gasteiger partial charge in [0, 0.05) is 29.1 Å². The molecule has 0 aromatic heterocycles. The molecule has 0 bridgehead atoms. The van der Waals surface area contributed by atoms with Crippen molar-refractivity contribution in [1.82, 2.24) is 0 Å². The van der Waals surface area contributed by atoms with E-state index < -0.39 is 0 Å². The van der Waals surface area contributed by atoms with E-state index in [1.54, 1.807) is 0 Å². The Morgan fingerprint density at radius 1 is 1.10 bits per heavy atom. The van der Waals surface area contributed by atoms with Crippen LogP contribution in [0.2, 0.25) is 5.02 Å². The second-order valence-electron chi connectivity index (χ2n) is 5.15. The van der Waals surface area contributed by atoms with Crippen LogP contribution in [-0.4, -0.2) is 12.7 Å². The SMILES string of the molecule is O=C1C[C@H](c2ccc(Cl)cc2)c2cc3c(cc2N1)OCO3. The number of fused-ring (bicyclic) bond motifs is 2. The van der Waals surface area contributed by atoms with Crippen LogP contribution in [0.5, 0.6) is 11.5 Å². The molecule has 106 valence electrons. The van der Waals surface area contributed by atoms with Gasteiger partial charge in [-0.3, -0.25) is 4.79 Å². The van der Waals surface area contributed by atoms with E-state index in [2.05, 4.69) is 5.32 Å². The molecule has 2 aromatic carbocycles. The summed E-state index contributed by atoms with van der Waals surface area (Å²) in [6, 6.07) is 11.4. The van der Waals surface area contributed by atoms with Gasteiger partial charge in [-0.2, -0.15) is 0 Å². The van der Waals surface area contributed by atoms with Gasteiger partial charge in [0.2, 0.25) is 12.7 Å². The lowest BCUT2D eigenvalue weighted by Gasteiger charge is -2.26. The van der Waals surface area contributed by atoms with Crippen LogP contribution in [0, 0.1) is 0 Å². The third kappa shape index (κ3) is 2.12. The molecule has 0 saturated heterocycles. The molecule has 21 heavy (non-hydrogen) atoms. The Balaban J connectivity index is 1.83. The topological polar surface area (TPSA) is 47.6 Å². The van der Waals surface area contributed by atoms with Crippen molar-refractivity contribution >= 4 is 23.2 Å². The van der Waals surface area contributed by atoms with Crippen molar-refractivity contribution in [3.63, 3.8) is 0 Å². The third-order valence-corrected chi connectivity index (χ3v) is 4.11. The summed E-state index contributed by atoms with van der Waals surface area (Å²) in [5.74, 6) is 1.40. The van der Waals surface area contributed by atoms with Crippen LogP contribution in [0.15, 0.2) is 36.4 Å². The van der Waals surface area contributed by atoms with Gasteiger partial charge in [0.1, 0.15) is 0 Å². The van der Waals surface area contributed by atoms with E-state index in [4.69, 9.17) is 21.1 Å². The second kappa shape index (κ2) is 4.67. The Bertz CT molecular complexity index is 727. The average Bonchev–Trinajstić information content (AvgIpc) is 2.92. The minimum atomic E-state index is 0.000478. The minimum Gasteiger partial charge on any atom is -0.454 e. The normalized spacial score (nSPS) is 19.1. The Morgan fingerprint density at radius 2 is 1.81 bits per heavy atom. The van der Waals surface area contributed by atoms with Crippen LogP contribution in [0.4, 0.5) is 5.69 Å². The second-order valence-corrected chi connectivity index (χ2v) is 5.59. The number of hydrogen-bond acceptors (Lipinski definition) is 3. The molecule has 0 saturated carbocycles. The molecule has 4 nitrogen and oxygen atoms in total. The molecule has 1 N–H and O–H groups in total. The summed E-state index contributed by atoms with van der Waals surface area (Å²) in [5.41, 5.74) is 2.89. The number of halogens is 1. The first-order valence-electron chi connectivity index (χ1n) is 6.69. The molecule has 2 heterocycles. The fourth-order valence-electron chi connectivity index (χ4n) is 2.84. The van der Waals surface area contributed by atoms with Crippen molar-refractivity contribution in [2.24, 2.45) is 0 Å². The lowest BCUT2D eigenvalue weighted by Crippen LogP contribution is -2.23. The molecule has 2 aromatic rings. The number of rotatable bonds is 1. The first-order valence-corrected chi connectivity index (χ1v) is 7.07. The van der Waals surface area contributed by atoms with Gasteiger partial charge >= 0.3 is 0 Å². The summed E-state index contributed by atoms with van der Waals surface area (Å²) in [6.07, 6.45) is 0.411. The number of benzene rings is 2. The molecular weight excluding hydrogens is 290 g/mol. The average molecular weight is 302 g/mol. The summed E-state index contributed by atoms with van der Waals surface area (Å²) in [4.78, 5) is 12.0. The van der Waals surface area contributed by atoms with Crippen LogP contribution in [0.3, 0.4) is 0 Å². The minimum absolute atomic E-state index is 0.000478. The molecule has 1 atom stereocenters. The van der Waals surface area contributed by atoms with E-state index in [0.717, 1.165) is 22.6 Å². The fourth-order valence-corrected chi connectivity index (χ4v) is 2.97. The van der Waals surface area contributed by atoms with Crippen LogP contribution >= 0.6 is 11.6 Å². The number of ether oxygens (including phenoxy) is 2. The van der Waals surface area contributed by atoms with Crippen molar-refractivity contribution in [3.8, 4) is 11.5 Å². The summed E-state index contributed by atoms with van der Waals surface area (Å²) in [6.45, 7) is 0.220. The van der Waals surface area contributed by atoms with Crippen molar-refractivity contribution in [3.05, 3.63) is 52.5 Å². The maximum atomic E-state index is 12.0. The number of nitrogens with one attached hydrogen (secondary N) is 1. The van der Waals surface area contributed by atoms with E-state index >= 15 is 0 Å². The van der Waals surface area contributed by atoms with Gasteiger partial charge in [0.05, 0.1) is 0 Å². The first kappa shape index (κ1) is 12.5. The lowest BCUT2D eigenvalue weighted by molar-refractivity contribution is -0.116. The van der Waals surface area contributed by atoms with E-state index in [9.17, 15) is 4.79 Å². The fraction of sp³-hybridized carbons (Fsp3) is 0.188. The van der Waals surface area contributed by atoms with Gasteiger partial charge < -0.3 is 14.8 Å². The van der Waals surface area contributed by atoms with Gasteiger partial charge in [0.25, 0.3) is 0 Å². The number of carbonyl (C=O) groups is 1. The molecule has 0 aliphatic carbocycles. The van der Waals surface area contributed by atoms with Crippen LogP contribution in [0.25, 0.3) is 0 Å². The quantitative estimate of drug-likeness (QED) is 0.876. The van der Waals surface area contributed by atoms with Crippen molar-refractivity contribution in [2.45, 2.75) is 12.3 Å². The van der Waals surface area contributed by atoms with Gasteiger partial charge in [-0.05, 0) is 29.3 Å². The number of amides is 1. The molecule has 1 amide bonds. The molecule has 2 aliphatic heterocycles. The Kier molecular flexibility index (Phi) is 2.79. The largest absolute Gasteiger partial charge is 0.454 e. The molecule has 2 aliphatic rings. The predicted molar refractivity (Wildman–Crippen MR) is 79.1 cm³/mol. The van der Waals surface area contributed by atoms with Crippen molar-refractivity contribution in [2.75, 3.05) is 12.1 Å². The van der Waals surface area contributed by atoms with E-state index in [1.807, 2.05) is 36.4 Å². The maximum Gasteiger partial charge on any atom is 0.231 e. The molecular formula is C16H12ClNO3. The molecule has 0 fully saturated rings. The highest BCUT2D eigenvalue weighted by molar-refractivity contribution is 6.30. The van der Waals surface area contributed by atoms with Gasteiger partial charge in [-0.1, -0.05) is 23.7 Å². The lowest BCUT2D eigenvalue weighted by atomic mass is 9.84. The van der Waals surface area contributed by atoms with Crippen LogP contribution < -0.4 is 14.8 Å². The van der Waals surface area contributed by atoms with Gasteiger partial charge in [-0.15, -0.1) is 0 Å². The van der Waals surface area contributed by atoms with Gasteiger partial charge in [-0.25, -0.2) is 0 Å². The standard InChI is InChI=1S/C16H12ClNO3/c17-10-3-1-9(2-4-10)11-6-16(19)18-13-7-15-14(5-12(11)13)20-8-21-15/h1-5,7,11H,6,8H2,(H,18,19)/t11-/m1/s1. The van der Waals surface area contributed by atoms with Crippen LogP contribution in [0.1, 0.15) is 23.5 Å². The monoisotopic (exact) mass is 301 g/mol. The summed E-state index contributed by atoms with van der Waals surface area (Å²) >= 11 is 5.94. The van der Waals surface area contributed by atoms with Crippen LogP contribution in [-0.2, 0) is 4.79 Å². The predicted octanol–water partition coefficient (Wildman–Crippen LogP) is 3.54. The molecule has 0 unspecified atom stereocenters. The maximum absolute atomic E-state index is 12.0. The number of carbonyl (C=O) groups excluding carboxylic acids is 1.